The van der Waals surface area contributed by atoms with Crippen LogP contribution in [0.4, 0.5) is 19.0 Å². The van der Waals surface area contributed by atoms with Crippen molar-refractivity contribution in [2.24, 2.45) is 0 Å². The van der Waals surface area contributed by atoms with Gasteiger partial charge in [-0.3, -0.25) is 9.80 Å². The average Bonchev–Trinajstić information content (AvgIpc) is 2.93. The molecule has 0 amide bonds. The fourth-order valence-corrected chi connectivity index (χ4v) is 7.18. The summed E-state index contributed by atoms with van der Waals surface area (Å²) < 4.78 is 56.7. The molecule has 5 nitrogen and oxygen atoms in total. The average molecular weight is 533 g/mol. The summed E-state index contributed by atoms with van der Waals surface area (Å²) in [6.07, 6.45) is -3.09. The Bertz CT molecular complexity index is 1650. The molecule has 0 fully saturated rings. The predicted molar refractivity (Wildman–Crippen MR) is 145 cm³/mol. The van der Waals surface area contributed by atoms with Crippen molar-refractivity contribution in [3.63, 3.8) is 0 Å². The van der Waals surface area contributed by atoms with Gasteiger partial charge in [0.1, 0.15) is 13.0 Å². The molecule has 0 saturated carbocycles. The molecule has 0 bridgehead atoms. The third-order valence-electron chi connectivity index (χ3n) is 6.41. The van der Waals surface area contributed by atoms with Gasteiger partial charge in [0.25, 0.3) is 5.56 Å². The Morgan fingerprint density at radius 1 is 0.842 bits per heavy atom. The van der Waals surface area contributed by atoms with Crippen LogP contribution in [-0.2, 0) is 16.9 Å². The monoisotopic (exact) mass is 533 g/mol. The molecule has 0 aliphatic carbocycles. The molecule has 2 aromatic heterocycles. The highest BCUT2D eigenvalue weighted by Crippen LogP contribution is 2.47. The quantitative estimate of drug-likeness (QED) is 0.258. The number of benzene rings is 3. The lowest BCUT2D eigenvalue weighted by atomic mass is 10.1. The van der Waals surface area contributed by atoms with Crippen LogP contribution < -0.4 is 21.2 Å². The summed E-state index contributed by atoms with van der Waals surface area (Å²) in [5, 5.41) is 2.91. The normalized spacial score (nSPS) is 12.0. The number of anilines is 1. The van der Waals surface area contributed by atoms with E-state index < -0.39 is 24.4 Å². The van der Waals surface area contributed by atoms with Gasteiger partial charge in [0.2, 0.25) is 0 Å². The SMILES string of the molecule is CN(c1ccccn1)n1c(CP(=O)(c2ccccc2)c2ccccc2)cc2cc(C(F)(F)F)ccc2c1=O. The molecule has 38 heavy (non-hydrogen) atoms. The molecule has 0 aliphatic rings. The topological polar surface area (TPSA) is 55.2 Å². The van der Waals surface area contributed by atoms with E-state index in [0.29, 0.717) is 22.1 Å². The van der Waals surface area contributed by atoms with Crippen molar-refractivity contribution >= 4 is 34.3 Å². The molecule has 0 N–H and O–H groups in total. The third kappa shape index (κ3) is 4.75. The van der Waals surface area contributed by atoms with Crippen molar-refractivity contribution in [2.45, 2.75) is 12.3 Å². The number of nitrogens with zero attached hydrogens (tertiary/aromatic N) is 3. The van der Waals surface area contributed by atoms with Crippen LogP contribution in [0.2, 0.25) is 0 Å². The number of hydrogen-bond acceptors (Lipinski definition) is 4. The molecule has 0 saturated heterocycles. The summed E-state index contributed by atoms with van der Waals surface area (Å²) in [5.74, 6) is 0.441. The van der Waals surface area contributed by atoms with Gasteiger partial charge < -0.3 is 4.57 Å². The Hall–Kier alpha value is -4.16. The van der Waals surface area contributed by atoms with Crippen LogP contribution in [0.3, 0.4) is 0 Å². The minimum atomic E-state index is -4.57. The molecule has 0 atom stereocenters. The number of rotatable bonds is 6. The molecule has 0 spiro atoms. The maximum atomic E-state index is 14.8. The van der Waals surface area contributed by atoms with Gasteiger partial charge in [-0.2, -0.15) is 13.2 Å². The molecule has 5 rings (SSSR count). The molecule has 5 aromatic rings. The van der Waals surface area contributed by atoms with Crippen molar-refractivity contribution in [1.82, 2.24) is 9.66 Å². The Labute approximate surface area is 217 Å². The highest BCUT2D eigenvalue weighted by molar-refractivity contribution is 7.78. The molecular formula is C29H23F3N3O2P. The minimum Gasteiger partial charge on any atom is -0.313 e. The first-order valence-corrected chi connectivity index (χ1v) is 13.7. The van der Waals surface area contributed by atoms with Gasteiger partial charge in [-0.1, -0.05) is 66.7 Å². The second-order valence-electron chi connectivity index (χ2n) is 8.83. The zero-order valence-corrected chi connectivity index (χ0v) is 21.2. The molecule has 9 heteroatoms. The number of alkyl halides is 3. The van der Waals surface area contributed by atoms with Gasteiger partial charge in [-0.15, -0.1) is 0 Å². The number of fused-ring (bicyclic) bond motifs is 1. The van der Waals surface area contributed by atoms with Crippen LogP contribution in [0.15, 0.2) is 114 Å². The Morgan fingerprint density at radius 2 is 1.45 bits per heavy atom. The third-order valence-corrected chi connectivity index (χ3v) is 9.44. The lowest BCUT2D eigenvalue weighted by molar-refractivity contribution is -0.137. The summed E-state index contributed by atoms with van der Waals surface area (Å²) in [6, 6.07) is 27.6. The van der Waals surface area contributed by atoms with Crippen LogP contribution in [0, 0.1) is 0 Å². The smallest absolute Gasteiger partial charge is 0.313 e. The molecule has 3 aromatic carbocycles. The fourth-order valence-electron chi connectivity index (χ4n) is 4.52. The fraction of sp³-hybridized carbons (Fsp3) is 0.103. The van der Waals surface area contributed by atoms with E-state index in [1.165, 1.54) is 21.8 Å². The van der Waals surface area contributed by atoms with Gasteiger partial charge >= 0.3 is 6.18 Å². The molecule has 0 aliphatic heterocycles. The number of halogens is 3. The van der Waals surface area contributed by atoms with Gasteiger partial charge in [0.15, 0.2) is 0 Å². The van der Waals surface area contributed by atoms with Crippen LogP contribution in [0.25, 0.3) is 10.8 Å². The van der Waals surface area contributed by atoms with E-state index in [1.54, 1.807) is 80.0 Å². The van der Waals surface area contributed by atoms with E-state index in [9.17, 15) is 22.5 Å². The first-order chi connectivity index (χ1) is 18.2. The van der Waals surface area contributed by atoms with Gasteiger partial charge in [0, 0.05) is 29.2 Å². The molecule has 2 heterocycles. The molecular weight excluding hydrogens is 510 g/mol. The van der Waals surface area contributed by atoms with E-state index in [2.05, 4.69) is 4.98 Å². The van der Waals surface area contributed by atoms with Crippen LogP contribution in [-0.4, -0.2) is 16.7 Å². The number of aromatic nitrogens is 2. The van der Waals surface area contributed by atoms with Crippen LogP contribution in [0.1, 0.15) is 11.3 Å². The Morgan fingerprint density at radius 3 is 2.00 bits per heavy atom. The second-order valence-corrected chi connectivity index (χ2v) is 11.7. The van der Waals surface area contributed by atoms with Gasteiger partial charge in [0.05, 0.1) is 17.4 Å². The first-order valence-electron chi connectivity index (χ1n) is 11.8. The summed E-state index contributed by atoms with van der Waals surface area (Å²) in [6.45, 7) is 0. The maximum Gasteiger partial charge on any atom is 0.416 e. The summed E-state index contributed by atoms with van der Waals surface area (Å²) >= 11 is 0. The van der Waals surface area contributed by atoms with Gasteiger partial charge in [-0.05, 0) is 41.8 Å². The maximum absolute atomic E-state index is 14.8. The van der Waals surface area contributed by atoms with E-state index in [-0.39, 0.29) is 16.9 Å². The zero-order valence-electron chi connectivity index (χ0n) is 20.3. The Balaban J connectivity index is 1.78. The number of hydrogen-bond donors (Lipinski definition) is 0. The molecule has 0 unspecified atom stereocenters. The molecule has 192 valence electrons. The van der Waals surface area contributed by atoms with Gasteiger partial charge in [-0.25, -0.2) is 9.66 Å². The van der Waals surface area contributed by atoms with Crippen molar-refractivity contribution in [3.8, 4) is 0 Å². The van der Waals surface area contributed by atoms with Crippen LogP contribution >= 0.6 is 7.14 Å². The lowest BCUT2D eigenvalue weighted by Gasteiger charge is -2.27. The lowest BCUT2D eigenvalue weighted by Crippen LogP contribution is -2.39. The van der Waals surface area contributed by atoms with Crippen molar-refractivity contribution in [1.29, 1.82) is 0 Å². The van der Waals surface area contributed by atoms with Crippen molar-refractivity contribution < 1.29 is 17.7 Å². The predicted octanol–water partition coefficient (Wildman–Crippen LogP) is 5.83. The highest BCUT2D eigenvalue weighted by Gasteiger charge is 2.32. The van der Waals surface area contributed by atoms with E-state index >= 15 is 0 Å². The summed E-state index contributed by atoms with van der Waals surface area (Å²) in [5.41, 5.74) is -1.10. The van der Waals surface area contributed by atoms with E-state index in [0.717, 1.165) is 12.1 Å². The molecule has 0 radical (unpaired) electrons. The van der Waals surface area contributed by atoms with E-state index in [4.69, 9.17) is 0 Å². The largest absolute Gasteiger partial charge is 0.416 e. The first kappa shape index (κ1) is 25.5. The van der Waals surface area contributed by atoms with Crippen molar-refractivity contribution in [2.75, 3.05) is 12.1 Å². The standard InChI is InChI=1S/C29H23F3N3O2P/c1-34(27-14-8-9-17-33-27)35-23(19-21-18-22(29(30,31)32)15-16-26(21)28(35)36)20-38(37,24-10-4-2-5-11-24)25-12-6-3-7-13-25/h2-19H,20H2,1H3. The van der Waals surface area contributed by atoms with Crippen LogP contribution in [0.5, 0.6) is 0 Å². The minimum absolute atomic E-state index is 0.0976. The van der Waals surface area contributed by atoms with Crippen molar-refractivity contribution in [3.05, 3.63) is 131 Å². The summed E-state index contributed by atoms with van der Waals surface area (Å²) in [7, 11) is -1.74. The zero-order chi connectivity index (χ0) is 26.9. The van der Waals surface area contributed by atoms with E-state index in [1.807, 2.05) is 12.1 Å². The summed E-state index contributed by atoms with van der Waals surface area (Å²) in [4.78, 5) is 18.1. The highest BCUT2D eigenvalue weighted by atomic mass is 31.2. The number of pyridine rings is 2. The second kappa shape index (κ2) is 9.95. The Kier molecular flexibility index (Phi) is 6.67.